The normalized spacial score (nSPS) is 27.3. The molecule has 2 heterocycles. The Labute approximate surface area is 120 Å². The summed E-state index contributed by atoms with van der Waals surface area (Å²) in [6, 6.07) is 0. The first-order chi connectivity index (χ1) is 9.57. The molecule has 2 saturated heterocycles. The molecule has 0 aromatic heterocycles. The van der Waals surface area contributed by atoms with E-state index in [1.54, 1.807) is 11.8 Å². The van der Waals surface area contributed by atoms with Gasteiger partial charge in [-0.1, -0.05) is 0 Å². The fourth-order valence-corrected chi connectivity index (χ4v) is 2.93. The average molecular weight is 283 g/mol. The predicted octanol–water partition coefficient (Wildman–Crippen LogP) is 0.677. The third-order valence-corrected chi connectivity index (χ3v) is 4.21. The molecular formula is C14H25N3O3. The van der Waals surface area contributed by atoms with Crippen LogP contribution in [0.1, 0.15) is 26.7 Å². The van der Waals surface area contributed by atoms with Gasteiger partial charge in [-0.05, 0) is 33.2 Å². The van der Waals surface area contributed by atoms with Crippen molar-refractivity contribution in [3.63, 3.8) is 0 Å². The summed E-state index contributed by atoms with van der Waals surface area (Å²) < 4.78 is 4.99. The molecule has 0 aromatic rings. The highest BCUT2D eigenvalue weighted by atomic mass is 16.6. The highest BCUT2D eigenvalue weighted by Crippen LogP contribution is 2.28. The number of carbonyl (C=O) groups excluding carboxylic acids is 2. The van der Waals surface area contributed by atoms with Gasteiger partial charge in [0.25, 0.3) is 0 Å². The molecule has 0 bridgehead atoms. The Morgan fingerprint density at radius 3 is 2.40 bits per heavy atom. The largest absolute Gasteiger partial charge is 0.450 e. The van der Waals surface area contributed by atoms with E-state index >= 15 is 0 Å². The Hall–Kier alpha value is -1.30. The van der Waals surface area contributed by atoms with Crippen LogP contribution < -0.4 is 5.32 Å². The summed E-state index contributed by atoms with van der Waals surface area (Å²) in [7, 11) is 0. The SMILES string of the molecule is CCOC(=O)N1CCN(C(=O)C2(C)CCCNC2)CC1. The zero-order valence-electron chi connectivity index (χ0n) is 12.5. The smallest absolute Gasteiger partial charge is 0.409 e. The van der Waals surface area contributed by atoms with Crippen LogP contribution in [0, 0.1) is 5.41 Å². The van der Waals surface area contributed by atoms with E-state index in [9.17, 15) is 9.59 Å². The van der Waals surface area contributed by atoms with E-state index < -0.39 is 0 Å². The lowest BCUT2D eigenvalue weighted by Crippen LogP contribution is -2.56. The van der Waals surface area contributed by atoms with Gasteiger partial charge in [-0.2, -0.15) is 0 Å². The van der Waals surface area contributed by atoms with Gasteiger partial charge in [-0.15, -0.1) is 0 Å². The van der Waals surface area contributed by atoms with E-state index in [4.69, 9.17) is 4.74 Å². The first kappa shape index (κ1) is 15.1. The van der Waals surface area contributed by atoms with Gasteiger partial charge in [0.05, 0.1) is 12.0 Å². The molecule has 1 unspecified atom stereocenters. The fourth-order valence-electron chi connectivity index (χ4n) is 2.93. The number of rotatable bonds is 2. The van der Waals surface area contributed by atoms with Crippen LogP contribution in [0.2, 0.25) is 0 Å². The van der Waals surface area contributed by atoms with Crippen LogP contribution in [-0.2, 0) is 9.53 Å². The van der Waals surface area contributed by atoms with E-state index in [1.165, 1.54) is 0 Å². The van der Waals surface area contributed by atoms with Crippen LogP contribution >= 0.6 is 0 Å². The van der Waals surface area contributed by atoms with Gasteiger partial charge in [-0.25, -0.2) is 4.79 Å². The van der Waals surface area contributed by atoms with Gasteiger partial charge in [0.15, 0.2) is 0 Å². The van der Waals surface area contributed by atoms with Gasteiger partial charge in [0.2, 0.25) is 5.91 Å². The van der Waals surface area contributed by atoms with Crippen molar-refractivity contribution in [2.45, 2.75) is 26.7 Å². The quantitative estimate of drug-likeness (QED) is 0.809. The van der Waals surface area contributed by atoms with Crippen LogP contribution in [0.25, 0.3) is 0 Å². The molecule has 0 radical (unpaired) electrons. The van der Waals surface area contributed by atoms with E-state index in [-0.39, 0.29) is 17.4 Å². The van der Waals surface area contributed by atoms with Crippen LogP contribution in [0.15, 0.2) is 0 Å². The van der Waals surface area contributed by atoms with Crippen molar-refractivity contribution < 1.29 is 14.3 Å². The molecule has 0 saturated carbocycles. The number of nitrogens with one attached hydrogen (secondary N) is 1. The minimum absolute atomic E-state index is 0.216. The number of ether oxygens (including phenoxy) is 1. The third-order valence-electron chi connectivity index (χ3n) is 4.21. The average Bonchev–Trinajstić information content (AvgIpc) is 2.48. The van der Waals surface area contributed by atoms with Crippen molar-refractivity contribution in [3.8, 4) is 0 Å². The van der Waals surface area contributed by atoms with Gasteiger partial charge < -0.3 is 19.9 Å². The zero-order valence-corrected chi connectivity index (χ0v) is 12.5. The molecule has 1 atom stereocenters. The van der Waals surface area contributed by atoms with Crippen LogP contribution in [0.5, 0.6) is 0 Å². The minimum atomic E-state index is -0.287. The lowest BCUT2D eigenvalue weighted by Gasteiger charge is -2.41. The third kappa shape index (κ3) is 3.23. The Balaban J connectivity index is 1.87. The van der Waals surface area contributed by atoms with Gasteiger partial charge in [-0.3, -0.25) is 4.79 Å². The van der Waals surface area contributed by atoms with E-state index in [1.807, 2.05) is 11.8 Å². The molecule has 2 amide bonds. The Bertz CT molecular complexity index is 359. The molecule has 6 nitrogen and oxygen atoms in total. The van der Waals surface area contributed by atoms with E-state index in [2.05, 4.69) is 5.32 Å². The number of amides is 2. The molecule has 2 rings (SSSR count). The number of carbonyl (C=O) groups is 2. The fraction of sp³-hybridized carbons (Fsp3) is 0.857. The van der Waals surface area contributed by atoms with Crippen molar-refractivity contribution >= 4 is 12.0 Å². The van der Waals surface area contributed by atoms with Crippen LogP contribution in [-0.4, -0.2) is 67.7 Å². The highest BCUT2D eigenvalue weighted by molar-refractivity contribution is 5.83. The first-order valence-corrected chi connectivity index (χ1v) is 7.48. The molecule has 1 N–H and O–H groups in total. The van der Waals surface area contributed by atoms with Crippen molar-refractivity contribution in [3.05, 3.63) is 0 Å². The minimum Gasteiger partial charge on any atom is -0.450 e. The topological polar surface area (TPSA) is 61.9 Å². The summed E-state index contributed by atoms with van der Waals surface area (Å²) in [5.74, 6) is 0.216. The highest BCUT2D eigenvalue weighted by Gasteiger charge is 2.39. The molecule has 114 valence electrons. The molecule has 20 heavy (non-hydrogen) atoms. The Morgan fingerprint density at radius 1 is 1.20 bits per heavy atom. The number of hydrogen-bond acceptors (Lipinski definition) is 4. The standard InChI is InChI=1S/C14H25N3O3/c1-3-20-13(19)17-9-7-16(8-10-17)12(18)14(2)5-4-6-15-11-14/h15H,3-11H2,1-2H3. The van der Waals surface area contributed by atoms with Gasteiger partial charge >= 0.3 is 6.09 Å². The first-order valence-electron chi connectivity index (χ1n) is 7.48. The summed E-state index contributed by atoms with van der Waals surface area (Å²) in [6.45, 7) is 8.32. The van der Waals surface area contributed by atoms with Crippen molar-refractivity contribution in [1.29, 1.82) is 0 Å². The van der Waals surface area contributed by atoms with Crippen molar-refractivity contribution in [2.75, 3.05) is 45.9 Å². The predicted molar refractivity (Wildman–Crippen MR) is 75.4 cm³/mol. The molecule has 0 aliphatic carbocycles. The number of hydrogen-bond donors (Lipinski definition) is 1. The van der Waals surface area contributed by atoms with Crippen molar-refractivity contribution in [2.24, 2.45) is 5.41 Å². The lowest BCUT2D eigenvalue weighted by atomic mass is 9.81. The molecule has 2 fully saturated rings. The second kappa shape index (κ2) is 6.43. The molecular weight excluding hydrogens is 258 g/mol. The molecule has 6 heteroatoms. The number of nitrogens with zero attached hydrogens (tertiary/aromatic N) is 2. The molecule has 0 spiro atoms. The van der Waals surface area contributed by atoms with E-state index in [0.29, 0.717) is 32.8 Å². The van der Waals surface area contributed by atoms with Crippen LogP contribution in [0.3, 0.4) is 0 Å². The van der Waals surface area contributed by atoms with Gasteiger partial charge in [0.1, 0.15) is 0 Å². The summed E-state index contributed by atoms with van der Waals surface area (Å²) in [6.07, 6.45) is 1.72. The second-order valence-corrected chi connectivity index (χ2v) is 5.82. The Kier molecular flexibility index (Phi) is 4.86. The van der Waals surface area contributed by atoms with Crippen molar-refractivity contribution in [1.82, 2.24) is 15.1 Å². The second-order valence-electron chi connectivity index (χ2n) is 5.82. The summed E-state index contributed by atoms with van der Waals surface area (Å²) in [4.78, 5) is 27.8. The summed E-state index contributed by atoms with van der Waals surface area (Å²) in [5.41, 5.74) is -0.287. The maximum atomic E-state index is 12.6. The maximum Gasteiger partial charge on any atom is 0.409 e. The monoisotopic (exact) mass is 283 g/mol. The maximum absolute atomic E-state index is 12.6. The number of piperidine rings is 1. The summed E-state index contributed by atoms with van der Waals surface area (Å²) >= 11 is 0. The van der Waals surface area contributed by atoms with Crippen LogP contribution in [0.4, 0.5) is 4.79 Å². The lowest BCUT2D eigenvalue weighted by molar-refractivity contribution is -0.143. The van der Waals surface area contributed by atoms with E-state index in [0.717, 1.165) is 25.9 Å². The van der Waals surface area contributed by atoms with Gasteiger partial charge in [0, 0.05) is 32.7 Å². The molecule has 0 aromatic carbocycles. The molecule has 2 aliphatic rings. The summed E-state index contributed by atoms with van der Waals surface area (Å²) in [5, 5.41) is 3.31. The zero-order chi connectivity index (χ0) is 14.6. The molecule has 2 aliphatic heterocycles. The number of piperazine rings is 1. The Morgan fingerprint density at radius 2 is 1.85 bits per heavy atom.